The van der Waals surface area contributed by atoms with Crippen molar-refractivity contribution in [3.8, 4) is 0 Å². The highest BCUT2D eigenvalue weighted by molar-refractivity contribution is 5.56. The van der Waals surface area contributed by atoms with Gasteiger partial charge in [-0.05, 0) is 56.8 Å². The molecule has 0 aromatic heterocycles. The summed E-state index contributed by atoms with van der Waals surface area (Å²) < 4.78 is 0. The molecule has 0 aliphatic carbocycles. The molecule has 1 aromatic rings. The van der Waals surface area contributed by atoms with Crippen LogP contribution in [0.3, 0.4) is 0 Å². The van der Waals surface area contributed by atoms with Crippen LogP contribution < -0.4 is 4.90 Å². The molecule has 1 N–H and O–H groups in total. The molecule has 3 nitrogen and oxygen atoms in total. The highest BCUT2D eigenvalue weighted by Gasteiger charge is 2.18. The van der Waals surface area contributed by atoms with Crippen molar-refractivity contribution in [2.24, 2.45) is 0 Å². The zero-order valence-corrected chi connectivity index (χ0v) is 12.9. The summed E-state index contributed by atoms with van der Waals surface area (Å²) in [5.41, 5.74) is 4.21. The van der Waals surface area contributed by atoms with Gasteiger partial charge in [-0.3, -0.25) is 4.90 Å². The first-order valence-corrected chi connectivity index (χ1v) is 7.86. The van der Waals surface area contributed by atoms with Gasteiger partial charge in [-0.15, -0.1) is 0 Å². The molecule has 0 bridgehead atoms. The fourth-order valence-electron chi connectivity index (χ4n) is 2.91. The average molecular weight is 276 g/mol. The summed E-state index contributed by atoms with van der Waals surface area (Å²) in [5.74, 6) is 0. The summed E-state index contributed by atoms with van der Waals surface area (Å²) in [6.07, 6.45) is 3.31. The van der Waals surface area contributed by atoms with E-state index in [1.54, 1.807) is 0 Å². The van der Waals surface area contributed by atoms with E-state index in [4.69, 9.17) is 5.11 Å². The number of rotatable bonds is 6. The lowest BCUT2D eigenvalue weighted by molar-refractivity contribution is 0.242. The summed E-state index contributed by atoms with van der Waals surface area (Å²) in [7, 11) is 0. The lowest BCUT2D eigenvalue weighted by Crippen LogP contribution is -2.46. The van der Waals surface area contributed by atoms with Crippen molar-refractivity contribution in [3.63, 3.8) is 0 Å². The van der Waals surface area contributed by atoms with Gasteiger partial charge in [0.2, 0.25) is 0 Å². The van der Waals surface area contributed by atoms with Crippen molar-refractivity contribution in [1.29, 1.82) is 0 Å². The van der Waals surface area contributed by atoms with Gasteiger partial charge in [-0.1, -0.05) is 12.1 Å². The number of aliphatic hydroxyl groups excluding tert-OH is 1. The number of nitrogens with zero attached hydrogens (tertiary/aromatic N) is 2. The smallest absolute Gasteiger partial charge is 0.0431 e. The van der Waals surface area contributed by atoms with Crippen molar-refractivity contribution in [3.05, 3.63) is 29.3 Å². The quantitative estimate of drug-likeness (QED) is 0.809. The van der Waals surface area contributed by atoms with Crippen molar-refractivity contribution < 1.29 is 5.11 Å². The zero-order chi connectivity index (χ0) is 14.4. The van der Waals surface area contributed by atoms with E-state index in [1.807, 2.05) is 0 Å². The largest absolute Gasteiger partial charge is 0.396 e. The molecule has 112 valence electrons. The fraction of sp³-hybridized carbons (Fsp3) is 0.647. The van der Waals surface area contributed by atoms with Crippen molar-refractivity contribution >= 4 is 5.69 Å². The van der Waals surface area contributed by atoms with Crippen LogP contribution in [-0.4, -0.2) is 49.3 Å². The fourth-order valence-corrected chi connectivity index (χ4v) is 2.91. The van der Waals surface area contributed by atoms with E-state index >= 15 is 0 Å². The van der Waals surface area contributed by atoms with Crippen LogP contribution in [0.15, 0.2) is 18.2 Å². The summed E-state index contributed by atoms with van der Waals surface area (Å²) in [5, 5.41) is 8.79. The minimum Gasteiger partial charge on any atom is -0.396 e. The molecular weight excluding hydrogens is 248 g/mol. The Bertz CT molecular complexity index is 411. The number of anilines is 1. The molecule has 0 atom stereocenters. The van der Waals surface area contributed by atoms with Crippen LogP contribution in [0.4, 0.5) is 5.69 Å². The van der Waals surface area contributed by atoms with Crippen LogP contribution in [0.2, 0.25) is 0 Å². The van der Waals surface area contributed by atoms with Crippen molar-refractivity contribution in [2.75, 3.05) is 44.2 Å². The average Bonchev–Trinajstić information content (AvgIpc) is 2.47. The number of hydrogen-bond donors (Lipinski definition) is 1. The zero-order valence-electron chi connectivity index (χ0n) is 12.9. The predicted molar refractivity (Wildman–Crippen MR) is 85.5 cm³/mol. The maximum Gasteiger partial charge on any atom is 0.0431 e. The second-order valence-corrected chi connectivity index (χ2v) is 5.83. The molecule has 0 spiro atoms. The van der Waals surface area contributed by atoms with E-state index in [0.29, 0.717) is 6.61 Å². The minimum absolute atomic E-state index is 0.334. The van der Waals surface area contributed by atoms with E-state index in [2.05, 4.69) is 41.8 Å². The highest BCUT2D eigenvalue weighted by Crippen LogP contribution is 2.23. The Morgan fingerprint density at radius 3 is 2.45 bits per heavy atom. The summed E-state index contributed by atoms with van der Waals surface area (Å²) in [4.78, 5) is 5.07. The van der Waals surface area contributed by atoms with Crippen LogP contribution in [-0.2, 0) is 0 Å². The predicted octanol–water partition coefficient (Wildman–Crippen LogP) is 2.59. The van der Waals surface area contributed by atoms with Gasteiger partial charge in [0, 0.05) is 38.5 Å². The molecule has 0 saturated carbocycles. The maximum absolute atomic E-state index is 8.79. The third-order valence-electron chi connectivity index (χ3n) is 4.42. The second-order valence-electron chi connectivity index (χ2n) is 5.83. The Hall–Kier alpha value is -1.06. The Labute approximate surface area is 123 Å². The lowest BCUT2D eigenvalue weighted by atomic mass is 10.1. The molecule has 1 heterocycles. The molecule has 2 rings (SSSR count). The standard InChI is InChI=1S/C17H28N2O/c1-15-7-6-8-17(16(15)2)19-12-10-18(11-13-19)9-4-3-5-14-20/h6-8,20H,3-5,9-14H2,1-2H3. The number of hydrogen-bond acceptors (Lipinski definition) is 3. The Kier molecular flexibility index (Phi) is 5.86. The van der Waals surface area contributed by atoms with Gasteiger partial charge in [0.1, 0.15) is 0 Å². The van der Waals surface area contributed by atoms with Crippen LogP contribution >= 0.6 is 0 Å². The molecule has 3 heteroatoms. The van der Waals surface area contributed by atoms with Crippen LogP contribution in [0.5, 0.6) is 0 Å². The number of piperazine rings is 1. The molecule has 0 radical (unpaired) electrons. The molecule has 1 saturated heterocycles. The molecule has 1 fully saturated rings. The van der Waals surface area contributed by atoms with Gasteiger partial charge >= 0.3 is 0 Å². The number of aryl methyl sites for hydroxylation is 1. The SMILES string of the molecule is Cc1cccc(N2CCN(CCCCCO)CC2)c1C. The van der Waals surface area contributed by atoms with Gasteiger partial charge in [0.15, 0.2) is 0 Å². The number of unbranched alkanes of at least 4 members (excludes halogenated alkanes) is 2. The lowest BCUT2D eigenvalue weighted by Gasteiger charge is -2.37. The van der Waals surface area contributed by atoms with E-state index in [1.165, 1.54) is 29.8 Å². The van der Waals surface area contributed by atoms with E-state index in [9.17, 15) is 0 Å². The normalized spacial score (nSPS) is 16.6. The monoisotopic (exact) mass is 276 g/mol. The van der Waals surface area contributed by atoms with Crippen LogP contribution in [0, 0.1) is 13.8 Å². The second kappa shape index (κ2) is 7.65. The van der Waals surface area contributed by atoms with E-state index in [0.717, 1.165) is 39.0 Å². The Balaban J connectivity index is 1.80. The molecule has 1 aromatic carbocycles. The van der Waals surface area contributed by atoms with Crippen molar-refractivity contribution in [2.45, 2.75) is 33.1 Å². The summed E-state index contributed by atoms with van der Waals surface area (Å²) in [6, 6.07) is 6.61. The van der Waals surface area contributed by atoms with Gasteiger partial charge in [0.25, 0.3) is 0 Å². The third kappa shape index (κ3) is 3.97. The van der Waals surface area contributed by atoms with Gasteiger partial charge in [0.05, 0.1) is 0 Å². The molecule has 20 heavy (non-hydrogen) atoms. The Morgan fingerprint density at radius 1 is 1.00 bits per heavy atom. The van der Waals surface area contributed by atoms with Gasteiger partial charge in [-0.2, -0.15) is 0 Å². The van der Waals surface area contributed by atoms with Gasteiger partial charge in [-0.25, -0.2) is 0 Å². The first-order valence-electron chi connectivity index (χ1n) is 7.86. The van der Waals surface area contributed by atoms with Crippen LogP contribution in [0.1, 0.15) is 30.4 Å². The van der Waals surface area contributed by atoms with Gasteiger partial charge < -0.3 is 10.0 Å². The molecule has 0 unspecified atom stereocenters. The highest BCUT2D eigenvalue weighted by atomic mass is 16.2. The number of aliphatic hydroxyl groups is 1. The molecule has 1 aliphatic rings. The topological polar surface area (TPSA) is 26.7 Å². The first-order chi connectivity index (χ1) is 9.72. The maximum atomic E-state index is 8.79. The number of benzene rings is 1. The third-order valence-corrected chi connectivity index (χ3v) is 4.42. The molecule has 0 amide bonds. The van der Waals surface area contributed by atoms with E-state index in [-0.39, 0.29) is 0 Å². The summed E-state index contributed by atoms with van der Waals surface area (Å²) in [6.45, 7) is 10.5. The van der Waals surface area contributed by atoms with Crippen molar-refractivity contribution in [1.82, 2.24) is 4.90 Å². The Morgan fingerprint density at radius 2 is 1.75 bits per heavy atom. The molecular formula is C17H28N2O. The molecule has 1 aliphatic heterocycles. The minimum atomic E-state index is 0.334. The van der Waals surface area contributed by atoms with Crippen LogP contribution in [0.25, 0.3) is 0 Å². The van der Waals surface area contributed by atoms with E-state index < -0.39 is 0 Å². The first kappa shape index (κ1) is 15.3. The summed E-state index contributed by atoms with van der Waals surface area (Å²) >= 11 is 0.